The summed E-state index contributed by atoms with van der Waals surface area (Å²) in [6, 6.07) is 14.4. The standard InChI is InChI=1S/C20H22Cl2N2/c1-2-3-10-23-12-16-14-24(20-7-5-4-6-17(16)20)13-15-8-9-18(21)19(22)11-15/h4-9,11,14,23H,2-3,10,12-13H2,1H3. The van der Waals surface area contributed by atoms with Gasteiger partial charge in [0.2, 0.25) is 0 Å². The lowest BCUT2D eigenvalue weighted by Crippen LogP contribution is -2.14. The smallest absolute Gasteiger partial charge is 0.0595 e. The molecule has 2 nitrogen and oxygen atoms in total. The van der Waals surface area contributed by atoms with Crippen LogP contribution >= 0.6 is 23.2 Å². The lowest BCUT2D eigenvalue weighted by atomic mass is 10.2. The summed E-state index contributed by atoms with van der Waals surface area (Å²) in [6.45, 7) is 4.95. The Labute approximate surface area is 153 Å². The van der Waals surface area contributed by atoms with Crippen LogP contribution in [0.3, 0.4) is 0 Å². The monoisotopic (exact) mass is 360 g/mol. The molecule has 1 N–H and O–H groups in total. The first-order valence-corrected chi connectivity index (χ1v) is 9.16. The van der Waals surface area contributed by atoms with E-state index in [1.54, 1.807) is 0 Å². The second-order valence-electron chi connectivity index (χ2n) is 6.08. The van der Waals surface area contributed by atoms with E-state index in [4.69, 9.17) is 23.2 Å². The van der Waals surface area contributed by atoms with Crippen LogP contribution < -0.4 is 5.32 Å². The molecule has 1 aromatic heterocycles. The largest absolute Gasteiger partial charge is 0.343 e. The fraction of sp³-hybridized carbons (Fsp3) is 0.300. The lowest BCUT2D eigenvalue weighted by molar-refractivity contribution is 0.641. The van der Waals surface area contributed by atoms with Gasteiger partial charge in [-0.1, -0.05) is 60.8 Å². The van der Waals surface area contributed by atoms with Crippen molar-refractivity contribution in [3.8, 4) is 0 Å². The van der Waals surface area contributed by atoms with Gasteiger partial charge in [0.25, 0.3) is 0 Å². The van der Waals surface area contributed by atoms with Crippen molar-refractivity contribution in [1.29, 1.82) is 0 Å². The Morgan fingerprint density at radius 1 is 1.04 bits per heavy atom. The maximum Gasteiger partial charge on any atom is 0.0595 e. The van der Waals surface area contributed by atoms with Crippen molar-refractivity contribution in [3.05, 3.63) is 69.8 Å². The average Bonchev–Trinajstić information content (AvgIpc) is 2.93. The quantitative estimate of drug-likeness (QED) is 0.520. The molecule has 0 amide bonds. The predicted octanol–water partition coefficient (Wildman–Crippen LogP) is 5.89. The molecule has 0 aliphatic rings. The van der Waals surface area contributed by atoms with E-state index in [-0.39, 0.29) is 0 Å². The first kappa shape index (κ1) is 17.3. The van der Waals surface area contributed by atoms with Crippen LogP contribution in [0.1, 0.15) is 30.9 Å². The van der Waals surface area contributed by atoms with Crippen LogP contribution in [0.25, 0.3) is 10.9 Å². The molecule has 2 aromatic carbocycles. The fourth-order valence-electron chi connectivity index (χ4n) is 2.95. The normalized spacial score (nSPS) is 11.3. The Morgan fingerprint density at radius 3 is 2.67 bits per heavy atom. The predicted molar refractivity (Wildman–Crippen MR) is 104 cm³/mol. The first-order chi connectivity index (χ1) is 11.7. The molecule has 0 atom stereocenters. The van der Waals surface area contributed by atoms with Gasteiger partial charge in [-0.3, -0.25) is 0 Å². The highest BCUT2D eigenvalue weighted by molar-refractivity contribution is 6.42. The van der Waals surface area contributed by atoms with E-state index in [1.807, 2.05) is 18.2 Å². The number of hydrogen-bond donors (Lipinski definition) is 1. The Kier molecular flexibility index (Phi) is 5.83. The highest BCUT2D eigenvalue weighted by Gasteiger charge is 2.09. The molecular formula is C20H22Cl2N2. The van der Waals surface area contributed by atoms with Crippen molar-refractivity contribution in [2.75, 3.05) is 6.54 Å². The minimum absolute atomic E-state index is 0.596. The van der Waals surface area contributed by atoms with Crippen LogP contribution in [0.4, 0.5) is 0 Å². The van der Waals surface area contributed by atoms with Crippen molar-refractivity contribution in [1.82, 2.24) is 9.88 Å². The summed E-state index contributed by atoms with van der Waals surface area (Å²) in [7, 11) is 0. The van der Waals surface area contributed by atoms with Crippen LogP contribution in [-0.4, -0.2) is 11.1 Å². The molecule has 0 aliphatic carbocycles. The second kappa shape index (κ2) is 8.06. The number of nitrogens with one attached hydrogen (secondary N) is 1. The van der Waals surface area contributed by atoms with Gasteiger partial charge < -0.3 is 9.88 Å². The highest BCUT2D eigenvalue weighted by Crippen LogP contribution is 2.26. The number of halogens is 2. The molecule has 0 fully saturated rings. The molecule has 24 heavy (non-hydrogen) atoms. The molecule has 126 valence electrons. The van der Waals surface area contributed by atoms with E-state index >= 15 is 0 Å². The molecule has 0 saturated carbocycles. The minimum atomic E-state index is 0.596. The van der Waals surface area contributed by atoms with E-state index in [2.05, 4.69) is 47.3 Å². The Bertz CT molecular complexity index is 824. The maximum atomic E-state index is 6.15. The van der Waals surface area contributed by atoms with Gasteiger partial charge in [0.05, 0.1) is 10.0 Å². The molecule has 0 unspecified atom stereocenters. The molecule has 4 heteroatoms. The number of para-hydroxylation sites is 1. The van der Waals surface area contributed by atoms with Gasteiger partial charge in [0.1, 0.15) is 0 Å². The van der Waals surface area contributed by atoms with E-state index in [1.165, 1.54) is 29.3 Å². The molecule has 3 rings (SSSR count). The summed E-state index contributed by atoms with van der Waals surface area (Å²) in [5.74, 6) is 0. The summed E-state index contributed by atoms with van der Waals surface area (Å²) in [6.07, 6.45) is 4.67. The summed E-state index contributed by atoms with van der Waals surface area (Å²) >= 11 is 12.2. The van der Waals surface area contributed by atoms with Crippen molar-refractivity contribution in [2.45, 2.75) is 32.9 Å². The molecular weight excluding hydrogens is 339 g/mol. The van der Waals surface area contributed by atoms with E-state index in [0.29, 0.717) is 10.0 Å². The number of hydrogen-bond acceptors (Lipinski definition) is 1. The third-order valence-electron chi connectivity index (χ3n) is 4.23. The summed E-state index contributed by atoms with van der Waals surface area (Å²) in [5, 5.41) is 6.04. The third kappa shape index (κ3) is 3.94. The van der Waals surface area contributed by atoms with Gasteiger partial charge in [0.15, 0.2) is 0 Å². The van der Waals surface area contributed by atoms with Gasteiger partial charge in [-0.05, 0) is 42.3 Å². The van der Waals surface area contributed by atoms with Crippen molar-refractivity contribution >= 4 is 34.1 Å². The van der Waals surface area contributed by atoms with Gasteiger partial charge in [-0.25, -0.2) is 0 Å². The van der Waals surface area contributed by atoms with Crippen LogP contribution in [0.5, 0.6) is 0 Å². The summed E-state index contributed by atoms with van der Waals surface area (Å²) < 4.78 is 2.28. The van der Waals surface area contributed by atoms with Crippen molar-refractivity contribution in [3.63, 3.8) is 0 Å². The van der Waals surface area contributed by atoms with Gasteiger partial charge in [0, 0.05) is 30.2 Å². The zero-order valence-electron chi connectivity index (χ0n) is 13.9. The minimum Gasteiger partial charge on any atom is -0.343 e. The van der Waals surface area contributed by atoms with Crippen LogP contribution in [0.15, 0.2) is 48.7 Å². The molecule has 1 heterocycles. The second-order valence-corrected chi connectivity index (χ2v) is 6.89. The van der Waals surface area contributed by atoms with Crippen molar-refractivity contribution < 1.29 is 0 Å². The number of rotatable bonds is 7. The topological polar surface area (TPSA) is 17.0 Å². The third-order valence-corrected chi connectivity index (χ3v) is 4.97. The van der Waals surface area contributed by atoms with E-state index < -0.39 is 0 Å². The molecule has 0 aliphatic heterocycles. The molecule has 0 bridgehead atoms. The van der Waals surface area contributed by atoms with E-state index in [9.17, 15) is 0 Å². The Hall–Kier alpha value is -1.48. The number of fused-ring (bicyclic) bond motifs is 1. The Morgan fingerprint density at radius 2 is 1.88 bits per heavy atom. The van der Waals surface area contributed by atoms with E-state index in [0.717, 1.165) is 25.2 Å². The van der Waals surface area contributed by atoms with Gasteiger partial charge in [-0.2, -0.15) is 0 Å². The first-order valence-electron chi connectivity index (χ1n) is 8.40. The molecule has 3 aromatic rings. The van der Waals surface area contributed by atoms with Crippen molar-refractivity contribution in [2.24, 2.45) is 0 Å². The number of aromatic nitrogens is 1. The molecule has 0 saturated heterocycles. The zero-order chi connectivity index (χ0) is 16.9. The number of benzene rings is 2. The zero-order valence-corrected chi connectivity index (χ0v) is 15.4. The maximum absolute atomic E-state index is 6.15. The van der Waals surface area contributed by atoms with Gasteiger partial charge >= 0.3 is 0 Å². The summed E-state index contributed by atoms with van der Waals surface area (Å²) in [4.78, 5) is 0. The lowest BCUT2D eigenvalue weighted by Gasteiger charge is -2.07. The number of unbranched alkanes of at least 4 members (excludes halogenated alkanes) is 1. The fourth-order valence-corrected chi connectivity index (χ4v) is 3.27. The molecule has 0 spiro atoms. The highest BCUT2D eigenvalue weighted by atomic mass is 35.5. The van der Waals surface area contributed by atoms with Crippen LogP contribution in [0, 0.1) is 0 Å². The van der Waals surface area contributed by atoms with Crippen LogP contribution in [-0.2, 0) is 13.1 Å². The summed E-state index contributed by atoms with van der Waals surface area (Å²) in [5.41, 5.74) is 3.73. The molecule has 0 radical (unpaired) electrons. The van der Waals surface area contributed by atoms with Crippen LogP contribution in [0.2, 0.25) is 10.0 Å². The Balaban J connectivity index is 1.86. The average molecular weight is 361 g/mol. The van der Waals surface area contributed by atoms with Gasteiger partial charge in [-0.15, -0.1) is 0 Å². The number of nitrogens with zero attached hydrogens (tertiary/aromatic N) is 1. The SMILES string of the molecule is CCCCNCc1cn(Cc2ccc(Cl)c(Cl)c2)c2ccccc12.